The van der Waals surface area contributed by atoms with Crippen LogP contribution in [0.2, 0.25) is 6.82 Å². The molecule has 1 fully saturated rings. The van der Waals surface area contributed by atoms with Gasteiger partial charge in [-0.1, -0.05) is 60.7 Å². The summed E-state index contributed by atoms with van der Waals surface area (Å²) in [7, 11) is -0.812. The highest BCUT2D eigenvalue weighted by Gasteiger charge is 2.43. The van der Waals surface area contributed by atoms with Gasteiger partial charge in [-0.05, 0) is 36.7 Å². The highest BCUT2D eigenvalue weighted by atomic mass is 16.4. The van der Waals surface area contributed by atoms with Crippen molar-refractivity contribution in [2.45, 2.75) is 37.7 Å². The van der Waals surface area contributed by atoms with Crippen LogP contribution in [0.4, 0.5) is 0 Å². The van der Waals surface area contributed by atoms with Crippen LogP contribution < -0.4 is 0 Å². The van der Waals surface area contributed by atoms with E-state index in [1.807, 2.05) is 48.5 Å². The fourth-order valence-corrected chi connectivity index (χ4v) is 3.83. The normalized spacial score (nSPS) is 24.5. The number of carbonyl (C=O) groups is 1. The molecule has 0 aromatic heterocycles. The summed E-state index contributed by atoms with van der Waals surface area (Å²) in [5, 5.41) is 20.0. The van der Waals surface area contributed by atoms with Gasteiger partial charge in [-0.3, -0.25) is 9.61 Å². The van der Waals surface area contributed by atoms with Gasteiger partial charge in [0.25, 0.3) is 0 Å². The smallest absolute Gasteiger partial charge is 0.377 e. The summed E-state index contributed by atoms with van der Waals surface area (Å²) in [5.74, 6) is -0.718. The largest absolute Gasteiger partial charge is 0.480 e. The van der Waals surface area contributed by atoms with E-state index in [9.17, 15) is 14.9 Å². The van der Waals surface area contributed by atoms with Crippen molar-refractivity contribution in [3.63, 3.8) is 0 Å². The van der Waals surface area contributed by atoms with Crippen molar-refractivity contribution in [2.24, 2.45) is 0 Å². The molecule has 0 saturated carbocycles. The first-order chi connectivity index (χ1) is 11.6. The van der Waals surface area contributed by atoms with Crippen LogP contribution in [0, 0.1) is 0 Å². The fourth-order valence-electron chi connectivity index (χ4n) is 3.83. The number of carboxylic acids is 1. The highest BCUT2D eigenvalue weighted by molar-refractivity contribution is 6.45. The third-order valence-electron chi connectivity index (χ3n) is 4.91. The molecular weight excluding hydrogens is 301 g/mol. The molecule has 1 aliphatic heterocycles. The summed E-state index contributed by atoms with van der Waals surface area (Å²) in [5.41, 5.74) is 2.21. The monoisotopic (exact) mass is 323 g/mol. The van der Waals surface area contributed by atoms with Crippen LogP contribution in [0.5, 0.6) is 0 Å². The van der Waals surface area contributed by atoms with E-state index in [2.05, 4.69) is 12.1 Å². The van der Waals surface area contributed by atoms with Gasteiger partial charge in [-0.15, -0.1) is 0 Å². The topological polar surface area (TPSA) is 60.8 Å². The zero-order valence-electron chi connectivity index (χ0n) is 13.7. The molecule has 3 rings (SSSR count). The number of carboxylic acid groups (broad SMARTS) is 1. The Bertz CT molecular complexity index is 678. The van der Waals surface area contributed by atoms with E-state index < -0.39 is 19.1 Å². The van der Waals surface area contributed by atoms with E-state index in [4.69, 9.17) is 0 Å². The van der Waals surface area contributed by atoms with Gasteiger partial charge in [-0.25, -0.2) is 0 Å². The quantitative estimate of drug-likeness (QED) is 0.849. The molecule has 0 aliphatic carbocycles. The molecule has 3 unspecified atom stereocenters. The summed E-state index contributed by atoms with van der Waals surface area (Å²) >= 11 is 0. The molecule has 24 heavy (non-hydrogen) atoms. The molecule has 2 aromatic carbocycles. The Morgan fingerprint density at radius 3 is 2.04 bits per heavy atom. The van der Waals surface area contributed by atoms with Crippen molar-refractivity contribution in [1.82, 2.24) is 4.81 Å². The summed E-state index contributed by atoms with van der Waals surface area (Å²) in [6.07, 6.45) is 1.30. The van der Waals surface area contributed by atoms with E-state index in [-0.39, 0.29) is 12.0 Å². The SMILES string of the molecule is CB(O)N1C(C(=O)O)CC(c2ccccc2)CC1c1ccccc1. The second-order valence-electron chi connectivity index (χ2n) is 6.44. The lowest BCUT2D eigenvalue weighted by Crippen LogP contribution is -2.54. The minimum Gasteiger partial charge on any atom is -0.480 e. The number of hydrogen-bond acceptors (Lipinski definition) is 3. The molecule has 2 N–H and O–H groups in total. The maximum Gasteiger partial charge on any atom is 0.377 e. The Morgan fingerprint density at radius 1 is 1.00 bits per heavy atom. The van der Waals surface area contributed by atoms with Crippen LogP contribution in [-0.2, 0) is 4.79 Å². The van der Waals surface area contributed by atoms with Crippen LogP contribution >= 0.6 is 0 Å². The molecule has 0 radical (unpaired) electrons. The van der Waals surface area contributed by atoms with E-state index in [0.717, 1.165) is 17.5 Å². The summed E-state index contributed by atoms with van der Waals surface area (Å²) in [4.78, 5) is 13.6. The maximum absolute atomic E-state index is 11.9. The molecule has 0 amide bonds. The molecule has 0 bridgehead atoms. The lowest BCUT2D eigenvalue weighted by Gasteiger charge is -2.44. The third kappa shape index (κ3) is 3.37. The average Bonchev–Trinajstić information content (AvgIpc) is 2.62. The average molecular weight is 323 g/mol. The number of piperidine rings is 1. The highest BCUT2D eigenvalue weighted by Crippen LogP contribution is 2.42. The van der Waals surface area contributed by atoms with Crippen LogP contribution in [0.3, 0.4) is 0 Å². The molecule has 3 atom stereocenters. The van der Waals surface area contributed by atoms with Crippen molar-refractivity contribution in [2.75, 3.05) is 0 Å². The zero-order valence-corrected chi connectivity index (χ0v) is 13.7. The van der Waals surface area contributed by atoms with Gasteiger partial charge in [0.15, 0.2) is 0 Å². The van der Waals surface area contributed by atoms with Crippen molar-refractivity contribution in [1.29, 1.82) is 0 Å². The lowest BCUT2D eigenvalue weighted by molar-refractivity contribution is -0.144. The third-order valence-corrected chi connectivity index (χ3v) is 4.91. The van der Waals surface area contributed by atoms with Gasteiger partial charge < -0.3 is 10.1 Å². The molecule has 1 aliphatic rings. The fraction of sp³-hybridized carbons (Fsp3) is 0.316. The van der Waals surface area contributed by atoms with E-state index in [1.165, 1.54) is 0 Å². The number of aliphatic carboxylic acids is 1. The number of benzene rings is 2. The number of rotatable bonds is 4. The summed E-state index contributed by atoms with van der Waals surface area (Å²) in [6.45, 7) is 1.65. The molecule has 1 heterocycles. The van der Waals surface area contributed by atoms with Gasteiger partial charge in [0, 0.05) is 6.04 Å². The predicted molar refractivity (Wildman–Crippen MR) is 94.7 cm³/mol. The van der Waals surface area contributed by atoms with Crippen molar-refractivity contribution >= 4 is 13.0 Å². The van der Waals surface area contributed by atoms with E-state index >= 15 is 0 Å². The standard InChI is InChI=1S/C19H22BNO3/c1-20(24)21-17(15-10-6-3-7-11-15)12-16(13-18(21)19(22)23)14-8-4-2-5-9-14/h2-11,16-18,24H,12-13H2,1H3,(H,22,23). The molecule has 124 valence electrons. The summed E-state index contributed by atoms with van der Waals surface area (Å²) < 4.78 is 0. The molecule has 1 saturated heterocycles. The maximum atomic E-state index is 11.9. The number of hydrogen-bond donors (Lipinski definition) is 2. The molecule has 2 aromatic rings. The van der Waals surface area contributed by atoms with E-state index in [1.54, 1.807) is 11.6 Å². The van der Waals surface area contributed by atoms with Gasteiger partial charge in [0.2, 0.25) is 0 Å². The minimum absolute atomic E-state index is 0.119. The van der Waals surface area contributed by atoms with E-state index in [0.29, 0.717) is 6.42 Å². The first kappa shape index (κ1) is 16.7. The first-order valence-electron chi connectivity index (χ1n) is 8.36. The van der Waals surface area contributed by atoms with Gasteiger partial charge in [-0.2, -0.15) is 0 Å². The summed E-state index contributed by atoms with van der Waals surface area (Å²) in [6, 6.07) is 19.1. The lowest BCUT2D eigenvalue weighted by atomic mass is 9.71. The molecular formula is C19H22BNO3. The Hall–Kier alpha value is -2.11. The van der Waals surface area contributed by atoms with Crippen molar-refractivity contribution in [3.05, 3.63) is 71.8 Å². The first-order valence-corrected chi connectivity index (χ1v) is 8.36. The predicted octanol–water partition coefficient (Wildman–Crippen LogP) is 3.17. The van der Waals surface area contributed by atoms with Crippen molar-refractivity contribution < 1.29 is 14.9 Å². The number of nitrogens with zero attached hydrogens (tertiary/aromatic N) is 1. The van der Waals surface area contributed by atoms with Gasteiger partial charge in [0.05, 0.1) is 0 Å². The Balaban J connectivity index is 2.00. The van der Waals surface area contributed by atoms with Gasteiger partial charge in [0.1, 0.15) is 6.04 Å². The zero-order chi connectivity index (χ0) is 17.1. The molecule has 0 spiro atoms. The Morgan fingerprint density at radius 2 is 1.54 bits per heavy atom. The van der Waals surface area contributed by atoms with Crippen LogP contribution in [0.1, 0.15) is 35.9 Å². The molecule has 4 nitrogen and oxygen atoms in total. The second kappa shape index (κ2) is 7.20. The van der Waals surface area contributed by atoms with Crippen LogP contribution in [-0.4, -0.2) is 34.0 Å². The molecule has 5 heteroatoms. The van der Waals surface area contributed by atoms with Crippen LogP contribution in [0.25, 0.3) is 0 Å². The van der Waals surface area contributed by atoms with Crippen molar-refractivity contribution in [3.8, 4) is 0 Å². The van der Waals surface area contributed by atoms with Gasteiger partial charge >= 0.3 is 13.0 Å². The van der Waals surface area contributed by atoms with Crippen LogP contribution in [0.15, 0.2) is 60.7 Å². The Labute approximate surface area is 142 Å². The minimum atomic E-state index is -0.877. The Kier molecular flexibility index (Phi) is 5.02. The second-order valence-corrected chi connectivity index (χ2v) is 6.44.